The van der Waals surface area contributed by atoms with Crippen LogP contribution < -0.4 is 20.1 Å². The number of ether oxygens (including phenoxy) is 2. The smallest absolute Gasteiger partial charge is 0.315 e. The van der Waals surface area contributed by atoms with Crippen molar-refractivity contribution in [2.45, 2.75) is 13.0 Å². The van der Waals surface area contributed by atoms with Gasteiger partial charge in [-0.2, -0.15) is 0 Å². The van der Waals surface area contributed by atoms with E-state index in [9.17, 15) is 4.79 Å². The van der Waals surface area contributed by atoms with Crippen LogP contribution in [0.2, 0.25) is 0 Å². The summed E-state index contributed by atoms with van der Waals surface area (Å²) in [4.78, 5) is 15.8. The van der Waals surface area contributed by atoms with E-state index in [-0.39, 0.29) is 6.03 Å². The van der Waals surface area contributed by atoms with Crippen molar-refractivity contribution >= 4 is 17.4 Å². The zero-order valence-electron chi connectivity index (χ0n) is 12.6. The predicted molar refractivity (Wildman–Crippen MR) is 85.6 cm³/mol. The van der Waals surface area contributed by atoms with Crippen molar-refractivity contribution in [3.8, 4) is 11.5 Å². The molecule has 0 radical (unpaired) electrons. The highest BCUT2D eigenvalue weighted by Crippen LogP contribution is 2.27. The lowest BCUT2D eigenvalue weighted by atomic mass is 10.1. The first-order valence-corrected chi connectivity index (χ1v) is 7.77. The summed E-state index contributed by atoms with van der Waals surface area (Å²) < 4.78 is 10.4. The minimum absolute atomic E-state index is 0.200. The molecule has 0 aliphatic rings. The van der Waals surface area contributed by atoms with Gasteiger partial charge in [0.25, 0.3) is 0 Å². The van der Waals surface area contributed by atoms with Crippen LogP contribution in [0, 0.1) is 0 Å². The molecule has 2 N–H and O–H groups in total. The van der Waals surface area contributed by atoms with Crippen molar-refractivity contribution in [2.75, 3.05) is 20.8 Å². The van der Waals surface area contributed by atoms with Gasteiger partial charge in [-0.3, -0.25) is 0 Å². The van der Waals surface area contributed by atoms with Gasteiger partial charge in [0.2, 0.25) is 0 Å². The van der Waals surface area contributed by atoms with Crippen LogP contribution in [0.5, 0.6) is 11.5 Å². The van der Waals surface area contributed by atoms with E-state index in [0.29, 0.717) is 31.0 Å². The van der Waals surface area contributed by atoms with E-state index < -0.39 is 0 Å². The summed E-state index contributed by atoms with van der Waals surface area (Å²) in [7, 11) is 3.21. The molecule has 1 aromatic heterocycles. The minimum Gasteiger partial charge on any atom is -0.493 e. The second-order valence-electron chi connectivity index (χ2n) is 4.53. The number of nitrogens with one attached hydrogen (secondary N) is 2. The van der Waals surface area contributed by atoms with Crippen LogP contribution in [0.1, 0.15) is 11.3 Å². The van der Waals surface area contributed by atoms with Crippen molar-refractivity contribution < 1.29 is 14.3 Å². The van der Waals surface area contributed by atoms with Crippen molar-refractivity contribution in [3.05, 3.63) is 40.3 Å². The van der Waals surface area contributed by atoms with E-state index >= 15 is 0 Å². The van der Waals surface area contributed by atoms with E-state index in [2.05, 4.69) is 15.6 Å². The number of aromatic nitrogens is 1. The maximum absolute atomic E-state index is 11.7. The minimum atomic E-state index is -0.200. The van der Waals surface area contributed by atoms with Gasteiger partial charge in [0.05, 0.1) is 32.0 Å². The lowest BCUT2D eigenvalue weighted by Crippen LogP contribution is -2.36. The number of nitrogens with zero attached hydrogens (tertiary/aromatic N) is 1. The first kappa shape index (κ1) is 16.1. The number of benzene rings is 1. The molecule has 0 saturated heterocycles. The first-order valence-electron chi connectivity index (χ1n) is 6.82. The quantitative estimate of drug-likeness (QED) is 0.820. The van der Waals surface area contributed by atoms with Gasteiger partial charge in [-0.25, -0.2) is 9.78 Å². The normalized spacial score (nSPS) is 10.1. The Morgan fingerprint density at radius 1 is 1.23 bits per heavy atom. The zero-order chi connectivity index (χ0) is 15.8. The van der Waals surface area contributed by atoms with Crippen LogP contribution in [-0.2, 0) is 13.0 Å². The topological polar surface area (TPSA) is 72.5 Å². The van der Waals surface area contributed by atoms with E-state index in [1.54, 1.807) is 19.7 Å². The Morgan fingerprint density at radius 2 is 2.05 bits per heavy atom. The Labute approximate surface area is 133 Å². The fraction of sp³-hybridized carbons (Fsp3) is 0.333. The standard InChI is InChI=1S/C15H19N3O3S/c1-20-13-4-3-11(7-14(13)21-2)5-6-16-15(19)17-8-12-9-22-10-18-12/h3-4,7,9-10H,5-6,8H2,1-2H3,(H2,16,17,19). The Morgan fingerprint density at radius 3 is 2.73 bits per heavy atom. The van der Waals surface area contributed by atoms with Crippen LogP contribution in [0.4, 0.5) is 4.79 Å². The first-order chi connectivity index (χ1) is 10.7. The van der Waals surface area contributed by atoms with Crippen LogP contribution in [0.15, 0.2) is 29.1 Å². The third kappa shape index (κ3) is 4.63. The molecular weight excluding hydrogens is 302 g/mol. The number of hydrogen-bond acceptors (Lipinski definition) is 5. The van der Waals surface area contributed by atoms with Gasteiger partial charge in [-0.05, 0) is 24.1 Å². The van der Waals surface area contributed by atoms with Gasteiger partial charge < -0.3 is 20.1 Å². The number of methoxy groups -OCH3 is 2. The van der Waals surface area contributed by atoms with Crippen LogP contribution in [-0.4, -0.2) is 31.8 Å². The molecule has 0 aliphatic heterocycles. The Hall–Kier alpha value is -2.28. The van der Waals surface area contributed by atoms with Crippen molar-refractivity contribution in [2.24, 2.45) is 0 Å². The highest BCUT2D eigenvalue weighted by atomic mass is 32.1. The molecule has 0 bridgehead atoms. The van der Waals surface area contributed by atoms with Crippen molar-refractivity contribution in [3.63, 3.8) is 0 Å². The molecule has 0 unspecified atom stereocenters. The lowest BCUT2D eigenvalue weighted by Gasteiger charge is -2.10. The van der Waals surface area contributed by atoms with Crippen LogP contribution >= 0.6 is 11.3 Å². The maximum atomic E-state index is 11.7. The lowest BCUT2D eigenvalue weighted by molar-refractivity contribution is 0.240. The molecule has 0 fully saturated rings. The van der Waals surface area contributed by atoms with Crippen LogP contribution in [0.3, 0.4) is 0 Å². The number of rotatable bonds is 7. The Kier molecular flexibility index (Phi) is 6.02. The third-order valence-electron chi connectivity index (χ3n) is 3.06. The molecule has 1 heterocycles. The van der Waals surface area contributed by atoms with Gasteiger partial charge in [-0.1, -0.05) is 6.07 Å². The maximum Gasteiger partial charge on any atom is 0.315 e. The molecule has 0 aliphatic carbocycles. The molecule has 0 saturated carbocycles. The summed E-state index contributed by atoms with van der Waals surface area (Å²) in [6.07, 6.45) is 0.713. The van der Waals surface area contributed by atoms with Crippen molar-refractivity contribution in [1.82, 2.24) is 15.6 Å². The molecule has 22 heavy (non-hydrogen) atoms. The second-order valence-corrected chi connectivity index (χ2v) is 5.25. The number of hydrogen-bond donors (Lipinski definition) is 2. The molecule has 118 valence electrons. The molecule has 7 heteroatoms. The van der Waals surface area contributed by atoms with E-state index in [4.69, 9.17) is 9.47 Å². The largest absolute Gasteiger partial charge is 0.493 e. The summed E-state index contributed by atoms with van der Waals surface area (Å²) >= 11 is 1.51. The summed E-state index contributed by atoms with van der Waals surface area (Å²) in [5.41, 5.74) is 3.67. The average molecular weight is 321 g/mol. The summed E-state index contributed by atoms with van der Waals surface area (Å²) in [5.74, 6) is 1.38. The summed E-state index contributed by atoms with van der Waals surface area (Å²) in [6.45, 7) is 0.976. The van der Waals surface area contributed by atoms with Crippen molar-refractivity contribution in [1.29, 1.82) is 0 Å². The highest BCUT2D eigenvalue weighted by Gasteiger charge is 2.05. The Balaban J connectivity index is 1.74. The van der Waals surface area contributed by atoms with Gasteiger partial charge in [-0.15, -0.1) is 11.3 Å². The van der Waals surface area contributed by atoms with E-state index in [0.717, 1.165) is 11.3 Å². The van der Waals surface area contributed by atoms with Gasteiger partial charge in [0.1, 0.15) is 0 Å². The molecule has 2 aromatic rings. The molecule has 1 aromatic carbocycles. The van der Waals surface area contributed by atoms with Gasteiger partial charge in [0, 0.05) is 11.9 Å². The molecule has 0 atom stereocenters. The van der Waals surface area contributed by atoms with E-state index in [1.807, 2.05) is 23.6 Å². The van der Waals surface area contributed by atoms with Gasteiger partial charge >= 0.3 is 6.03 Å². The zero-order valence-corrected chi connectivity index (χ0v) is 13.4. The number of thiazole rings is 1. The second kappa shape index (κ2) is 8.23. The van der Waals surface area contributed by atoms with E-state index in [1.165, 1.54) is 11.3 Å². The molecule has 2 rings (SSSR count). The Bertz CT molecular complexity index is 602. The number of carbonyl (C=O) groups is 1. The number of urea groups is 1. The molecule has 0 spiro atoms. The van der Waals surface area contributed by atoms with Crippen LogP contribution in [0.25, 0.3) is 0 Å². The predicted octanol–water partition coefficient (Wildman–Crippen LogP) is 2.20. The summed E-state index contributed by atoms with van der Waals surface area (Å²) in [5, 5.41) is 7.48. The fourth-order valence-electron chi connectivity index (χ4n) is 1.91. The average Bonchev–Trinajstić information content (AvgIpc) is 3.06. The molecule has 6 nitrogen and oxygen atoms in total. The molecule has 2 amide bonds. The number of carbonyl (C=O) groups excluding carboxylic acids is 1. The summed E-state index contributed by atoms with van der Waals surface area (Å²) in [6, 6.07) is 5.52. The monoisotopic (exact) mass is 321 g/mol. The fourth-order valence-corrected chi connectivity index (χ4v) is 2.47. The molecular formula is C15H19N3O3S. The number of amides is 2. The third-order valence-corrected chi connectivity index (χ3v) is 3.70. The SMILES string of the molecule is COc1ccc(CCNC(=O)NCc2cscn2)cc1OC. The van der Waals surface area contributed by atoms with Gasteiger partial charge in [0.15, 0.2) is 11.5 Å². The highest BCUT2D eigenvalue weighted by molar-refractivity contribution is 7.07.